The number of piperidine rings is 2. The van der Waals surface area contributed by atoms with Gasteiger partial charge in [0.05, 0.1) is 13.2 Å². The molecule has 2 aliphatic rings. The van der Waals surface area contributed by atoms with Crippen molar-refractivity contribution in [1.82, 2.24) is 20.9 Å². The van der Waals surface area contributed by atoms with Crippen LogP contribution in [0.2, 0.25) is 0 Å². The summed E-state index contributed by atoms with van der Waals surface area (Å²) in [5.74, 6) is 0.657. The van der Waals surface area contributed by atoms with E-state index in [0.29, 0.717) is 37.2 Å². The Hall–Kier alpha value is -1.34. The number of ether oxygens (including phenoxy) is 1. The molecule has 23 heavy (non-hydrogen) atoms. The molecule has 132 valence electrons. The molecule has 1 amide bonds. The van der Waals surface area contributed by atoms with Crippen LogP contribution in [0.5, 0.6) is 0 Å². The van der Waals surface area contributed by atoms with Crippen LogP contribution in [-0.4, -0.2) is 75.8 Å². The predicted octanol–water partition coefficient (Wildman–Crippen LogP) is -0.0707. The number of carbonyl (C=O) groups excluding carboxylic acids is 1. The molecule has 0 aromatic rings. The molecule has 2 saturated heterocycles. The van der Waals surface area contributed by atoms with E-state index in [9.17, 15) is 4.79 Å². The number of rotatable bonds is 6. The van der Waals surface area contributed by atoms with E-state index < -0.39 is 0 Å². The number of aliphatic imine (C=N–C) groups is 1. The number of carbonyl (C=O) groups is 1. The van der Waals surface area contributed by atoms with Crippen LogP contribution in [0.25, 0.3) is 0 Å². The molecule has 2 aliphatic heterocycles. The van der Waals surface area contributed by atoms with Crippen LogP contribution >= 0.6 is 0 Å². The number of methoxy groups -OCH3 is 1. The highest BCUT2D eigenvalue weighted by Crippen LogP contribution is 2.32. The van der Waals surface area contributed by atoms with Gasteiger partial charge >= 0.3 is 0 Å². The maximum absolute atomic E-state index is 11.7. The van der Waals surface area contributed by atoms with Crippen molar-refractivity contribution in [3.8, 4) is 0 Å². The van der Waals surface area contributed by atoms with Crippen molar-refractivity contribution < 1.29 is 9.53 Å². The molecule has 2 unspecified atom stereocenters. The number of fused-ring (bicyclic) bond motifs is 2. The number of nitrogens with zero attached hydrogens (tertiary/aromatic N) is 2. The first-order chi connectivity index (χ1) is 11.1. The third kappa shape index (κ3) is 5.35. The van der Waals surface area contributed by atoms with Crippen molar-refractivity contribution in [3.63, 3.8) is 0 Å². The zero-order valence-corrected chi connectivity index (χ0v) is 14.6. The minimum absolute atomic E-state index is 0.0507. The third-order valence-corrected chi connectivity index (χ3v) is 4.95. The number of guanidine groups is 1. The summed E-state index contributed by atoms with van der Waals surface area (Å²) >= 11 is 0. The molecular formula is C16H31N5O2. The van der Waals surface area contributed by atoms with Gasteiger partial charge in [-0.1, -0.05) is 6.42 Å². The average molecular weight is 325 g/mol. The van der Waals surface area contributed by atoms with Crippen LogP contribution in [0, 0.1) is 0 Å². The fourth-order valence-electron chi connectivity index (χ4n) is 3.64. The number of amides is 1. The highest BCUT2D eigenvalue weighted by molar-refractivity contribution is 5.86. The average Bonchev–Trinajstić information content (AvgIpc) is 2.52. The first-order valence-electron chi connectivity index (χ1n) is 8.58. The van der Waals surface area contributed by atoms with Gasteiger partial charge in [-0.3, -0.25) is 9.79 Å². The summed E-state index contributed by atoms with van der Waals surface area (Å²) in [5.41, 5.74) is 0. The smallest absolute Gasteiger partial charge is 0.239 e. The molecule has 0 radical (unpaired) electrons. The molecule has 2 atom stereocenters. The lowest BCUT2D eigenvalue weighted by Gasteiger charge is -2.47. The first kappa shape index (κ1) is 18.0. The summed E-state index contributed by atoms with van der Waals surface area (Å²) < 4.78 is 4.91. The lowest BCUT2D eigenvalue weighted by Crippen LogP contribution is -2.57. The van der Waals surface area contributed by atoms with E-state index >= 15 is 0 Å². The minimum atomic E-state index is -0.0507. The molecular weight excluding hydrogens is 294 g/mol. The Morgan fingerprint density at radius 2 is 1.96 bits per heavy atom. The second-order valence-corrected chi connectivity index (χ2v) is 6.49. The number of hydrogen-bond donors (Lipinski definition) is 3. The zero-order valence-electron chi connectivity index (χ0n) is 14.6. The second kappa shape index (κ2) is 9.08. The van der Waals surface area contributed by atoms with Crippen molar-refractivity contribution in [2.75, 3.05) is 40.9 Å². The van der Waals surface area contributed by atoms with Gasteiger partial charge in [0.1, 0.15) is 0 Å². The Morgan fingerprint density at radius 1 is 1.26 bits per heavy atom. The largest absolute Gasteiger partial charge is 0.383 e. The SMILES string of the molecule is CN=C(NCC(=O)NCCOC)NC1CC2CCCC(C1)N2C. The monoisotopic (exact) mass is 325 g/mol. The lowest BCUT2D eigenvalue weighted by atomic mass is 9.82. The van der Waals surface area contributed by atoms with Crippen molar-refractivity contribution >= 4 is 11.9 Å². The molecule has 0 spiro atoms. The van der Waals surface area contributed by atoms with Crippen molar-refractivity contribution in [2.24, 2.45) is 4.99 Å². The van der Waals surface area contributed by atoms with E-state index in [0.717, 1.165) is 12.8 Å². The highest BCUT2D eigenvalue weighted by atomic mass is 16.5. The van der Waals surface area contributed by atoms with Gasteiger partial charge in [-0.15, -0.1) is 0 Å². The van der Waals surface area contributed by atoms with Gasteiger partial charge in [0.15, 0.2) is 5.96 Å². The van der Waals surface area contributed by atoms with Gasteiger partial charge in [0.2, 0.25) is 5.91 Å². The molecule has 3 N–H and O–H groups in total. The van der Waals surface area contributed by atoms with E-state index in [1.54, 1.807) is 14.2 Å². The molecule has 2 heterocycles. The molecule has 0 aromatic heterocycles. The van der Waals surface area contributed by atoms with Gasteiger partial charge in [0.25, 0.3) is 0 Å². The fourth-order valence-corrected chi connectivity index (χ4v) is 3.64. The molecule has 0 aromatic carbocycles. The lowest BCUT2D eigenvalue weighted by molar-refractivity contribution is -0.120. The number of nitrogens with one attached hydrogen (secondary N) is 3. The Kier molecular flexibility index (Phi) is 7.11. The zero-order chi connectivity index (χ0) is 16.7. The normalized spacial score (nSPS) is 28.3. The van der Waals surface area contributed by atoms with E-state index in [2.05, 4.69) is 32.9 Å². The summed E-state index contributed by atoms with van der Waals surface area (Å²) in [6.07, 6.45) is 6.22. The van der Waals surface area contributed by atoms with Crippen molar-refractivity contribution in [1.29, 1.82) is 0 Å². The molecule has 7 heteroatoms. The Balaban J connectivity index is 1.73. The van der Waals surface area contributed by atoms with Crippen LogP contribution in [0.1, 0.15) is 32.1 Å². The predicted molar refractivity (Wildman–Crippen MR) is 91.6 cm³/mol. The summed E-state index contributed by atoms with van der Waals surface area (Å²) in [4.78, 5) is 18.5. The van der Waals surface area contributed by atoms with Gasteiger partial charge in [-0.2, -0.15) is 0 Å². The van der Waals surface area contributed by atoms with Crippen LogP contribution in [-0.2, 0) is 9.53 Å². The van der Waals surface area contributed by atoms with Crippen LogP contribution in [0.4, 0.5) is 0 Å². The highest BCUT2D eigenvalue weighted by Gasteiger charge is 2.36. The van der Waals surface area contributed by atoms with Crippen LogP contribution in [0.15, 0.2) is 4.99 Å². The van der Waals surface area contributed by atoms with Gasteiger partial charge in [0, 0.05) is 38.8 Å². The van der Waals surface area contributed by atoms with Gasteiger partial charge < -0.3 is 25.6 Å². The first-order valence-corrected chi connectivity index (χ1v) is 8.58. The Labute approximate surface area is 139 Å². The molecule has 2 bridgehead atoms. The van der Waals surface area contributed by atoms with Crippen molar-refractivity contribution in [3.05, 3.63) is 0 Å². The Bertz CT molecular complexity index is 401. The van der Waals surface area contributed by atoms with Crippen LogP contribution < -0.4 is 16.0 Å². The van der Waals surface area contributed by atoms with E-state index in [1.807, 2.05) is 0 Å². The van der Waals surface area contributed by atoms with E-state index in [1.165, 1.54) is 19.3 Å². The summed E-state index contributed by atoms with van der Waals surface area (Å²) in [6.45, 7) is 1.28. The minimum Gasteiger partial charge on any atom is -0.383 e. The molecule has 0 aliphatic carbocycles. The summed E-state index contributed by atoms with van der Waals surface area (Å²) in [7, 11) is 5.61. The maximum atomic E-state index is 11.7. The standard InChI is InChI=1S/C16H31N5O2/c1-17-16(19-11-15(22)18-7-8-23-3)20-12-9-13-5-4-6-14(10-12)21(13)2/h12-14H,4-11H2,1-3H3,(H,18,22)(H2,17,19,20). The van der Waals surface area contributed by atoms with Gasteiger partial charge in [-0.05, 0) is 32.7 Å². The summed E-state index contributed by atoms with van der Waals surface area (Å²) in [6, 6.07) is 1.79. The van der Waals surface area contributed by atoms with E-state index in [4.69, 9.17) is 4.74 Å². The van der Waals surface area contributed by atoms with Crippen molar-refractivity contribution in [2.45, 2.75) is 50.2 Å². The van der Waals surface area contributed by atoms with E-state index in [-0.39, 0.29) is 12.5 Å². The topological polar surface area (TPSA) is 78.0 Å². The molecule has 0 saturated carbocycles. The Morgan fingerprint density at radius 3 is 2.57 bits per heavy atom. The second-order valence-electron chi connectivity index (χ2n) is 6.49. The maximum Gasteiger partial charge on any atom is 0.239 e. The van der Waals surface area contributed by atoms with Gasteiger partial charge in [-0.25, -0.2) is 0 Å². The van der Waals surface area contributed by atoms with Crippen LogP contribution in [0.3, 0.4) is 0 Å². The molecule has 2 rings (SSSR count). The fraction of sp³-hybridized carbons (Fsp3) is 0.875. The molecule has 2 fully saturated rings. The molecule has 7 nitrogen and oxygen atoms in total. The number of hydrogen-bond acceptors (Lipinski definition) is 4. The summed E-state index contributed by atoms with van der Waals surface area (Å²) in [5, 5.41) is 9.37. The quantitative estimate of drug-likeness (QED) is 0.362. The third-order valence-electron chi connectivity index (χ3n) is 4.95.